The summed E-state index contributed by atoms with van der Waals surface area (Å²) in [6.45, 7) is 5.23. The van der Waals surface area contributed by atoms with E-state index in [1.807, 2.05) is 0 Å². The lowest BCUT2D eigenvalue weighted by molar-refractivity contribution is 0.225. The van der Waals surface area contributed by atoms with Crippen LogP contribution >= 0.6 is 0 Å². The number of hydrogen-bond donors (Lipinski definition) is 0. The van der Waals surface area contributed by atoms with Crippen molar-refractivity contribution in [1.82, 2.24) is 0 Å². The summed E-state index contributed by atoms with van der Waals surface area (Å²) in [5.41, 5.74) is 0. The molecule has 3 heteroatoms. The Kier molecular flexibility index (Phi) is 8.34. The molecule has 0 radical (unpaired) electrons. The van der Waals surface area contributed by atoms with Crippen molar-refractivity contribution in [3.05, 3.63) is 0 Å². The lowest BCUT2D eigenvalue weighted by atomic mass is 10.4. The summed E-state index contributed by atoms with van der Waals surface area (Å²) < 4.78 is 10.8. The molecule has 0 rings (SSSR count). The minimum atomic E-state index is -1.24. The summed E-state index contributed by atoms with van der Waals surface area (Å²) in [5.74, 6) is 0. The number of rotatable bonds is 7. The van der Waals surface area contributed by atoms with Crippen LogP contribution in [-0.2, 0) is 8.85 Å². The Morgan fingerprint density at radius 3 is 2.36 bits per heavy atom. The molecule has 0 aliphatic heterocycles. The monoisotopic (exact) mass is 176 g/mol. The van der Waals surface area contributed by atoms with Crippen LogP contribution in [0.15, 0.2) is 0 Å². The Hall–Kier alpha value is 0.137. The van der Waals surface area contributed by atoms with Crippen molar-refractivity contribution in [2.45, 2.75) is 39.2 Å². The molecule has 11 heavy (non-hydrogen) atoms. The second-order valence-electron chi connectivity index (χ2n) is 2.68. The lowest BCUT2D eigenvalue weighted by Gasteiger charge is -2.12. The Morgan fingerprint density at radius 2 is 1.91 bits per heavy atom. The summed E-state index contributed by atoms with van der Waals surface area (Å²) in [5, 5.41) is 0. The van der Waals surface area contributed by atoms with E-state index in [0.717, 1.165) is 19.1 Å². The molecule has 0 aliphatic carbocycles. The van der Waals surface area contributed by atoms with Crippen molar-refractivity contribution in [3.8, 4) is 0 Å². The van der Waals surface area contributed by atoms with Gasteiger partial charge in [0.15, 0.2) is 0 Å². The molecule has 0 amide bonds. The van der Waals surface area contributed by atoms with Gasteiger partial charge in [-0.05, 0) is 12.5 Å². The van der Waals surface area contributed by atoms with Crippen LogP contribution in [0.2, 0.25) is 6.04 Å². The molecule has 1 atom stereocenters. The van der Waals surface area contributed by atoms with Crippen molar-refractivity contribution in [3.63, 3.8) is 0 Å². The second-order valence-corrected chi connectivity index (χ2v) is 4.92. The summed E-state index contributed by atoms with van der Waals surface area (Å²) >= 11 is 0. The third-order valence-corrected chi connectivity index (χ3v) is 3.77. The molecule has 0 saturated carbocycles. The smallest absolute Gasteiger partial charge is 0.321 e. The van der Waals surface area contributed by atoms with Crippen molar-refractivity contribution >= 4 is 9.28 Å². The lowest BCUT2D eigenvalue weighted by Crippen LogP contribution is -2.21. The second kappa shape index (κ2) is 8.24. The van der Waals surface area contributed by atoms with Gasteiger partial charge < -0.3 is 8.85 Å². The molecule has 0 aromatic heterocycles. The highest BCUT2D eigenvalue weighted by Gasteiger charge is 2.08. The molecule has 0 aromatic rings. The van der Waals surface area contributed by atoms with Gasteiger partial charge >= 0.3 is 9.28 Å². The standard InChI is InChI=1S/C8H20O2Si/c1-4-6-7-10-11(9-3)8-5-2/h11H,4-8H2,1-3H3. The first-order valence-corrected chi connectivity index (χ1v) is 6.25. The zero-order valence-corrected chi connectivity index (χ0v) is 9.08. The molecule has 0 heterocycles. The predicted octanol–water partition coefficient (Wildman–Crippen LogP) is 2.08. The largest absolute Gasteiger partial charge is 0.400 e. The normalized spacial score (nSPS) is 13.4. The van der Waals surface area contributed by atoms with Gasteiger partial charge in [0.05, 0.1) is 0 Å². The van der Waals surface area contributed by atoms with Crippen LogP contribution in [0.1, 0.15) is 33.1 Å². The molecular formula is C8H20O2Si. The van der Waals surface area contributed by atoms with Gasteiger partial charge in [-0.3, -0.25) is 0 Å². The van der Waals surface area contributed by atoms with Crippen LogP contribution in [0.25, 0.3) is 0 Å². The Labute approximate surface area is 71.7 Å². The Morgan fingerprint density at radius 1 is 1.18 bits per heavy atom. The first kappa shape index (κ1) is 11.1. The molecule has 68 valence electrons. The quantitative estimate of drug-likeness (QED) is 0.437. The van der Waals surface area contributed by atoms with E-state index in [1.165, 1.54) is 12.8 Å². The summed E-state index contributed by atoms with van der Waals surface area (Å²) in [6.07, 6.45) is 3.55. The fourth-order valence-corrected chi connectivity index (χ4v) is 2.30. The minimum absolute atomic E-state index is 0.890. The van der Waals surface area contributed by atoms with Gasteiger partial charge in [0, 0.05) is 13.7 Å². The van der Waals surface area contributed by atoms with E-state index in [0.29, 0.717) is 0 Å². The Balaban J connectivity index is 3.20. The average Bonchev–Trinajstić information content (AvgIpc) is 2.03. The van der Waals surface area contributed by atoms with Crippen LogP contribution in [-0.4, -0.2) is 23.0 Å². The van der Waals surface area contributed by atoms with E-state index < -0.39 is 9.28 Å². The van der Waals surface area contributed by atoms with Crippen LogP contribution < -0.4 is 0 Å². The number of unbranched alkanes of at least 4 members (excludes halogenated alkanes) is 1. The van der Waals surface area contributed by atoms with Crippen molar-refractivity contribution in [1.29, 1.82) is 0 Å². The third-order valence-electron chi connectivity index (χ3n) is 1.59. The maximum absolute atomic E-state index is 5.59. The molecule has 2 nitrogen and oxygen atoms in total. The van der Waals surface area contributed by atoms with E-state index in [-0.39, 0.29) is 0 Å². The first-order chi connectivity index (χ1) is 5.35. The maximum atomic E-state index is 5.59. The van der Waals surface area contributed by atoms with Crippen molar-refractivity contribution < 1.29 is 8.85 Å². The van der Waals surface area contributed by atoms with E-state index in [2.05, 4.69) is 13.8 Å². The first-order valence-electron chi connectivity index (χ1n) is 4.49. The van der Waals surface area contributed by atoms with E-state index in [1.54, 1.807) is 7.11 Å². The molecule has 0 N–H and O–H groups in total. The molecule has 0 aromatic carbocycles. The fraction of sp³-hybridized carbons (Fsp3) is 1.00. The SMILES string of the molecule is CCCCO[SiH](CCC)OC. The topological polar surface area (TPSA) is 18.5 Å². The van der Waals surface area contributed by atoms with Gasteiger partial charge in [0.1, 0.15) is 0 Å². The average molecular weight is 176 g/mol. The van der Waals surface area contributed by atoms with E-state index >= 15 is 0 Å². The molecule has 0 spiro atoms. The molecule has 0 fully saturated rings. The van der Waals surface area contributed by atoms with Gasteiger partial charge in [-0.1, -0.05) is 26.7 Å². The minimum Gasteiger partial charge on any atom is -0.400 e. The number of hydrogen-bond acceptors (Lipinski definition) is 2. The third kappa shape index (κ3) is 6.53. The Bertz CT molecular complexity index is 78.5. The van der Waals surface area contributed by atoms with E-state index in [4.69, 9.17) is 8.85 Å². The molecule has 0 saturated heterocycles. The fourth-order valence-electron chi connectivity index (χ4n) is 0.864. The van der Waals surface area contributed by atoms with Gasteiger partial charge in [0.25, 0.3) is 0 Å². The van der Waals surface area contributed by atoms with Gasteiger partial charge in [-0.25, -0.2) is 0 Å². The van der Waals surface area contributed by atoms with Crippen LogP contribution in [0, 0.1) is 0 Å². The highest BCUT2D eigenvalue weighted by molar-refractivity contribution is 6.44. The maximum Gasteiger partial charge on any atom is 0.321 e. The van der Waals surface area contributed by atoms with E-state index in [9.17, 15) is 0 Å². The summed E-state index contributed by atoms with van der Waals surface area (Å²) in [6, 6.07) is 1.14. The summed E-state index contributed by atoms with van der Waals surface area (Å²) in [4.78, 5) is 0. The zero-order chi connectivity index (χ0) is 8.53. The van der Waals surface area contributed by atoms with Crippen molar-refractivity contribution in [2.75, 3.05) is 13.7 Å². The molecular weight excluding hydrogens is 156 g/mol. The molecule has 0 bridgehead atoms. The highest BCUT2D eigenvalue weighted by Crippen LogP contribution is 2.00. The highest BCUT2D eigenvalue weighted by atomic mass is 28.3. The van der Waals surface area contributed by atoms with Crippen LogP contribution in [0.3, 0.4) is 0 Å². The summed E-state index contributed by atoms with van der Waals surface area (Å²) in [7, 11) is 0.518. The van der Waals surface area contributed by atoms with Crippen LogP contribution in [0.4, 0.5) is 0 Å². The van der Waals surface area contributed by atoms with Crippen LogP contribution in [0.5, 0.6) is 0 Å². The van der Waals surface area contributed by atoms with Crippen molar-refractivity contribution in [2.24, 2.45) is 0 Å². The zero-order valence-electron chi connectivity index (χ0n) is 7.93. The molecule has 0 aliphatic rings. The predicted molar refractivity (Wildman–Crippen MR) is 50.1 cm³/mol. The van der Waals surface area contributed by atoms with Gasteiger partial charge in [-0.15, -0.1) is 0 Å². The van der Waals surface area contributed by atoms with Gasteiger partial charge in [-0.2, -0.15) is 0 Å². The molecule has 1 unspecified atom stereocenters. The van der Waals surface area contributed by atoms with Gasteiger partial charge in [0.2, 0.25) is 0 Å².